The molecule has 0 spiro atoms. The summed E-state index contributed by atoms with van der Waals surface area (Å²) in [6, 6.07) is 4.97. The predicted octanol–water partition coefficient (Wildman–Crippen LogP) is 1.81. The van der Waals surface area contributed by atoms with E-state index < -0.39 is 10.9 Å². The number of carboxylic acids is 1. The van der Waals surface area contributed by atoms with Gasteiger partial charge in [0.2, 0.25) is 0 Å². The van der Waals surface area contributed by atoms with Crippen LogP contribution >= 0.6 is 0 Å². The number of hydrogen-bond donors (Lipinski definition) is 1. The Balaban J connectivity index is 2.10. The van der Waals surface area contributed by atoms with E-state index in [0.29, 0.717) is 18.7 Å². The second-order valence-electron chi connectivity index (χ2n) is 4.55. The van der Waals surface area contributed by atoms with Gasteiger partial charge in [-0.15, -0.1) is 0 Å². The van der Waals surface area contributed by atoms with Crippen molar-refractivity contribution in [1.82, 2.24) is 0 Å². The minimum Gasteiger partial charge on any atom is -0.481 e. The molecule has 6 heteroatoms. The van der Waals surface area contributed by atoms with Crippen molar-refractivity contribution in [2.45, 2.75) is 13.3 Å². The van der Waals surface area contributed by atoms with Gasteiger partial charge < -0.3 is 10.0 Å². The van der Waals surface area contributed by atoms with Crippen molar-refractivity contribution in [2.75, 3.05) is 18.0 Å². The Morgan fingerprint density at radius 3 is 2.78 bits per heavy atom. The van der Waals surface area contributed by atoms with Crippen LogP contribution in [0.15, 0.2) is 18.2 Å². The number of rotatable bonds is 4. The summed E-state index contributed by atoms with van der Waals surface area (Å²) in [6.07, 6.45) is 0.157. The lowest BCUT2D eigenvalue weighted by Gasteiger charge is -2.41. The van der Waals surface area contributed by atoms with Crippen molar-refractivity contribution in [3.8, 4) is 0 Å². The number of nitrogens with zero attached hydrogens (tertiary/aromatic N) is 2. The van der Waals surface area contributed by atoms with E-state index in [2.05, 4.69) is 0 Å². The van der Waals surface area contributed by atoms with E-state index in [1.54, 1.807) is 13.0 Å². The van der Waals surface area contributed by atoms with Gasteiger partial charge in [-0.1, -0.05) is 6.07 Å². The van der Waals surface area contributed by atoms with Crippen molar-refractivity contribution in [1.29, 1.82) is 0 Å². The average molecular weight is 250 g/mol. The summed E-state index contributed by atoms with van der Waals surface area (Å²) in [5.41, 5.74) is 1.57. The number of nitro groups is 1. The zero-order valence-electron chi connectivity index (χ0n) is 10.00. The second-order valence-corrected chi connectivity index (χ2v) is 4.55. The molecule has 2 rings (SSSR count). The number of nitro benzene ring substituents is 1. The number of hydrogen-bond acceptors (Lipinski definition) is 4. The minimum absolute atomic E-state index is 0.106. The standard InChI is InChI=1S/C12H14N2O4/c1-8-10(3-2-4-11(8)14(17)18)13-6-9(7-13)5-12(15)16/h2-4,9H,5-7H2,1H3,(H,15,16). The highest BCUT2D eigenvalue weighted by atomic mass is 16.6. The molecule has 1 saturated heterocycles. The van der Waals surface area contributed by atoms with Crippen molar-refractivity contribution >= 4 is 17.3 Å². The Labute approximate surface area is 104 Å². The van der Waals surface area contributed by atoms with Crippen LogP contribution in [0.5, 0.6) is 0 Å². The van der Waals surface area contributed by atoms with Crippen LogP contribution < -0.4 is 4.90 Å². The SMILES string of the molecule is Cc1c(N2CC(CC(=O)O)C2)cccc1[N+](=O)[O-]. The lowest BCUT2D eigenvalue weighted by atomic mass is 9.94. The summed E-state index contributed by atoms with van der Waals surface area (Å²) in [5, 5.41) is 19.5. The molecular formula is C12H14N2O4. The summed E-state index contributed by atoms with van der Waals surface area (Å²) in [5.74, 6) is -0.656. The fraction of sp³-hybridized carbons (Fsp3) is 0.417. The van der Waals surface area contributed by atoms with Gasteiger partial charge in [0, 0.05) is 30.8 Å². The first kappa shape index (κ1) is 12.3. The maximum Gasteiger partial charge on any atom is 0.303 e. The molecule has 1 N–H and O–H groups in total. The highest BCUT2D eigenvalue weighted by Crippen LogP contribution is 2.33. The first-order valence-electron chi connectivity index (χ1n) is 5.69. The molecule has 96 valence electrons. The van der Waals surface area contributed by atoms with Crippen LogP contribution in [0.4, 0.5) is 11.4 Å². The van der Waals surface area contributed by atoms with Crippen molar-refractivity contribution in [2.24, 2.45) is 5.92 Å². The zero-order valence-corrected chi connectivity index (χ0v) is 10.00. The van der Waals surface area contributed by atoms with Crippen molar-refractivity contribution < 1.29 is 14.8 Å². The van der Waals surface area contributed by atoms with Gasteiger partial charge in [-0.3, -0.25) is 14.9 Å². The Kier molecular flexibility index (Phi) is 3.18. The Morgan fingerprint density at radius 1 is 1.56 bits per heavy atom. The summed E-state index contributed by atoms with van der Waals surface area (Å²) in [4.78, 5) is 23.0. The monoisotopic (exact) mass is 250 g/mol. The predicted molar refractivity (Wildman–Crippen MR) is 65.8 cm³/mol. The van der Waals surface area contributed by atoms with Crippen LogP contribution in [0.25, 0.3) is 0 Å². The Morgan fingerprint density at radius 2 is 2.22 bits per heavy atom. The minimum atomic E-state index is -0.796. The van der Waals surface area contributed by atoms with Gasteiger partial charge in [-0.2, -0.15) is 0 Å². The van der Waals surface area contributed by atoms with Gasteiger partial charge in [0.1, 0.15) is 0 Å². The van der Waals surface area contributed by atoms with E-state index in [1.165, 1.54) is 6.07 Å². The normalized spacial score (nSPS) is 15.3. The third kappa shape index (κ3) is 2.27. The molecule has 1 aliphatic rings. The maximum absolute atomic E-state index is 10.8. The molecular weight excluding hydrogens is 236 g/mol. The molecule has 0 aliphatic carbocycles. The molecule has 1 aromatic carbocycles. The fourth-order valence-electron chi connectivity index (χ4n) is 2.29. The zero-order chi connectivity index (χ0) is 13.3. The molecule has 0 atom stereocenters. The van der Waals surface area contributed by atoms with Gasteiger partial charge in [-0.05, 0) is 13.0 Å². The molecule has 0 saturated carbocycles. The number of anilines is 1. The quantitative estimate of drug-likeness (QED) is 0.650. The molecule has 1 aliphatic heterocycles. The van der Waals surface area contributed by atoms with Gasteiger partial charge in [0.15, 0.2) is 0 Å². The Bertz CT molecular complexity index is 495. The third-order valence-corrected chi connectivity index (χ3v) is 3.23. The number of carboxylic acid groups (broad SMARTS) is 1. The summed E-state index contributed by atoms with van der Waals surface area (Å²) in [7, 11) is 0. The lowest BCUT2D eigenvalue weighted by Crippen LogP contribution is -2.47. The average Bonchev–Trinajstić information content (AvgIpc) is 2.23. The van der Waals surface area contributed by atoms with E-state index in [0.717, 1.165) is 5.69 Å². The van der Waals surface area contributed by atoms with E-state index in [4.69, 9.17) is 5.11 Å². The highest BCUT2D eigenvalue weighted by Gasteiger charge is 2.30. The number of aliphatic carboxylic acids is 1. The number of benzene rings is 1. The molecule has 1 heterocycles. The summed E-state index contributed by atoms with van der Waals surface area (Å²) in [6.45, 7) is 3.01. The fourth-order valence-corrected chi connectivity index (χ4v) is 2.29. The summed E-state index contributed by atoms with van der Waals surface area (Å²) >= 11 is 0. The molecule has 1 aromatic rings. The smallest absolute Gasteiger partial charge is 0.303 e. The van der Waals surface area contributed by atoms with Crippen LogP contribution in [0.1, 0.15) is 12.0 Å². The molecule has 0 unspecified atom stereocenters. The molecule has 0 radical (unpaired) electrons. The van der Waals surface area contributed by atoms with E-state index in [1.807, 2.05) is 11.0 Å². The topological polar surface area (TPSA) is 83.7 Å². The van der Waals surface area contributed by atoms with Crippen LogP contribution in [0.2, 0.25) is 0 Å². The van der Waals surface area contributed by atoms with Crippen molar-refractivity contribution in [3.05, 3.63) is 33.9 Å². The highest BCUT2D eigenvalue weighted by molar-refractivity contribution is 5.68. The second kappa shape index (κ2) is 4.64. The Hall–Kier alpha value is -2.11. The lowest BCUT2D eigenvalue weighted by molar-refractivity contribution is -0.385. The molecule has 0 bridgehead atoms. The maximum atomic E-state index is 10.8. The largest absolute Gasteiger partial charge is 0.481 e. The van der Waals surface area contributed by atoms with Gasteiger partial charge in [0.25, 0.3) is 5.69 Å². The van der Waals surface area contributed by atoms with E-state index in [-0.39, 0.29) is 18.0 Å². The van der Waals surface area contributed by atoms with E-state index >= 15 is 0 Å². The van der Waals surface area contributed by atoms with Crippen LogP contribution in [0, 0.1) is 23.0 Å². The third-order valence-electron chi connectivity index (χ3n) is 3.23. The molecule has 6 nitrogen and oxygen atoms in total. The van der Waals surface area contributed by atoms with Gasteiger partial charge >= 0.3 is 5.97 Å². The van der Waals surface area contributed by atoms with Crippen LogP contribution in [-0.4, -0.2) is 29.1 Å². The van der Waals surface area contributed by atoms with Gasteiger partial charge in [0.05, 0.1) is 16.9 Å². The first-order chi connectivity index (χ1) is 8.49. The molecule has 0 aromatic heterocycles. The number of carbonyl (C=O) groups is 1. The van der Waals surface area contributed by atoms with Gasteiger partial charge in [-0.25, -0.2) is 0 Å². The van der Waals surface area contributed by atoms with Crippen LogP contribution in [-0.2, 0) is 4.79 Å². The molecule has 18 heavy (non-hydrogen) atoms. The molecule has 1 fully saturated rings. The van der Waals surface area contributed by atoms with E-state index in [9.17, 15) is 14.9 Å². The van der Waals surface area contributed by atoms with Crippen molar-refractivity contribution in [3.63, 3.8) is 0 Å². The first-order valence-corrected chi connectivity index (χ1v) is 5.69. The summed E-state index contributed by atoms with van der Waals surface area (Å²) < 4.78 is 0. The van der Waals surface area contributed by atoms with Crippen LogP contribution in [0.3, 0.4) is 0 Å². The molecule has 0 amide bonds.